The van der Waals surface area contributed by atoms with Gasteiger partial charge < -0.3 is 0 Å². The topological polar surface area (TPSA) is 0 Å². The molecular formula is C19H20P2. The van der Waals surface area contributed by atoms with Crippen molar-refractivity contribution in [1.82, 2.24) is 0 Å². The van der Waals surface area contributed by atoms with Crippen molar-refractivity contribution in [2.45, 2.75) is 20.0 Å². The molecule has 1 unspecified atom stereocenters. The lowest BCUT2D eigenvalue weighted by molar-refractivity contribution is 1.33. The van der Waals surface area contributed by atoms with E-state index in [4.69, 9.17) is 0 Å². The third-order valence-corrected chi connectivity index (χ3v) is 8.21. The highest BCUT2D eigenvalue weighted by molar-refractivity contribution is 7.72. The van der Waals surface area contributed by atoms with Gasteiger partial charge in [0.25, 0.3) is 0 Å². The quantitative estimate of drug-likeness (QED) is 0.597. The Morgan fingerprint density at radius 1 is 0.810 bits per heavy atom. The molecule has 2 heteroatoms. The highest BCUT2D eigenvalue weighted by atomic mass is 31.1. The van der Waals surface area contributed by atoms with Gasteiger partial charge in [-0.25, -0.2) is 0 Å². The largest absolute Gasteiger partial charge is 0.136 e. The van der Waals surface area contributed by atoms with Gasteiger partial charge in [0, 0.05) is 6.16 Å². The summed E-state index contributed by atoms with van der Waals surface area (Å²) < 4.78 is 0. The molecule has 21 heavy (non-hydrogen) atoms. The minimum Gasteiger partial charge on any atom is -0.136 e. The van der Waals surface area contributed by atoms with Crippen LogP contribution in [-0.2, 0) is 6.16 Å². The molecule has 2 aromatic carbocycles. The average Bonchev–Trinajstić information content (AvgIpc) is 2.86. The summed E-state index contributed by atoms with van der Waals surface area (Å²) in [7, 11) is 0.585. The molecule has 0 radical (unpaired) electrons. The summed E-state index contributed by atoms with van der Waals surface area (Å²) in [6, 6.07) is 22.0. The van der Waals surface area contributed by atoms with Crippen LogP contribution < -0.4 is 10.6 Å². The summed E-state index contributed by atoms with van der Waals surface area (Å²) in [5, 5.41) is 4.60. The van der Waals surface area contributed by atoms with Gasteiger partial charge in [-0.05, 0) is 54.6 Å². The maximum absolute atomic E-state index is 2.40. The Labute approximate surface area is 130 Å². The Bertz CT molecular complexity index is 659. The smallest absolute Gasteiger partial charge is 0.00452 e. The number of benzene rings is 2. The van der Waals surface area contributed by atoms with Gasteiger partial charge in [-0.15, -0.1) is 8.19 Å². The summed E-state index contributed by atoms with van der Waals surface area (Å²) in [5.74, 6) is 2.40. The van der Waals surface area contributed by atoms with Gasteiger partial charge in [0.05, 0.1) is 0 Å². The third kappa shape index (κ3) is 3.29. The first-order valence-corrected chi connectivity index (χ1v) is 9.87. The lowest BCUT2D eigenvalue weighted by atomic mass is 10.2. The lowest BCUT2D eigenvalue weighted by Crippen LogP contribution is -2.12. The predicted octanol–water partition coefficient (Wildman–Crippen LogP) is 4.97. The Balaban J connectivity index is 1.99. The van der Waals surface area contributed by atoms with Crippen molar-refractivity contribution >= 4 is 26.7 Å². The average molecular weight is 310 g/mol. The van der Waals surface area contributed by atoms with E-state index in [0.29, 0.717) is 0 Å². The summed E-state index contributed by atoms with van der Waals surface area (Å²) >= 11 is 0. The fourth-order valence-corrected chi connectivity index (χ4v) is 6.66. The summed E-state index contributed by atoms with van der Waals surface area (Å²) in [6.07, 6.45) is 1.20. The molecule has 3 rings (SSSR count). The van der Waals surface area contributed by atoms with Gasteiger partial charge >= 0.3 is 0 Å². The fraction of sp³-hybridized carbons (Fsp3) is 0.158. The van der Waals surface area contributed by atoms with Gasteiger partial charge in [-0.3, -0.25) is 0 Å². The van der Waals surface area contributed by atoms with E-state index in [-0.39, 0.29) is 7.92 Å². The minimum atomic E-state index is -0.292. The Morgan fingerprint density at radius 2 is 1.33 bits per heavy atom. The second-order valence-electron chi connectivity index (χ2n) is 5.33. The second-order valence-corrected chi connectivity index (χ2v) is 8.72. The van der Waals surface area contributed by atoms with Crippen LogP contribution in [0.4, 0.5) is 0 Å². The molecule has 3 aromatic rings. The fourth-order valence-electron chi connectivity index (χ4n) is 2.52. The van der Waals surface area contributed by atoms with E-state index < -0.39 is 0 Å². The molecule has 0 fully saturated rings. The van der Waals surface area contributed by atoms with Gasteiger partial charge in [0.2, 0.25) is 0 Å². The van der Waals surface area contributed by atoms with E-state index in [2.05, 4.69) is 80.3 Å². The van der Waals surface area contributed by atoms with Crippen LogP contribution in [0.5, 0.6) is 0 Å². The summed E-state index contributed by atoms with van der Waals surface area (Å²) in [6.45, 7) is 4.52. The molecular weight excluding hydrogens is 290 g/mol. The first-order valence-electron chi connectivity index (χ1n) is 7.27. The van der Waals surface area contributed by atoms with Crippen molar-refractivity contribution in [3.05, 3.63) is 82.9 Å². The Kier molecular flexibility index (Phi) is 4.59. The van der Waals surface area contributed by atoms with Gasteiger partial charge in [-0.2, -0.15) is 0 Å². The molecule has 1 heterocycles. The van der Waals surface area contributed by atoms with E-state index >= 15 is 0 Å². The number of rotatable bonds is 4. The van der Waals surface area contributed by atoms with Gasteiger partial charge in [0.15, 0.2) is 0 Å². The summed E-state index contributed by atoms with van der Waals surface area (Å²) in [4.78, 5) is 0. The van der Waals surface area contributed by atoms with Crippen molar-refractivity contribution in [2.24, 2.45) is 0 Å². The highest BCUT2D eigenvalue weighted by Gasteiger charge is 2.16. The molecule has 0 saturated carbocycles. The van der Waals surface area contributed by atoms with Gasteiger partial charge in [0.1, 0.15) is 0 Å². The van der Waals surface area contributed by atoms with E-state index in [9.17, 15) is 0 Å². The SMILES string of the molecule is Cc1c[pH]c(CP(c2ccccc2)c2ccccc2)c1C. The van der Waals surface area contributed by atoms with E-state index in [0.717, 1.165) is 8.19 Å². The molecule has 106 valence electrons. The Hall–Kier alpha value is -1.35. The molecule has 0 aliphatic carbocycles. The molecule has 0 aliphatic heterocycles. The molecule has 1 aromatic heterocycles. The van der Waals surface area contributed by atoms with Crippen molar-refractivity contribution in [1.29, 1.82) is 0 Å². The zero-order valence-electron chi connectivity index (χ0n) is 12.5. The van der Waals surface area contributed by atoms with Crippen LogP contribution in [0.3, 0.4) is 0 Å². The molecule has 1 atom stereocenters. The first kappa shape index (κ1) is 14.6. The highest BCUT2D eigenvalue weighted by Crippen LogP contribution is 2.42. The predicted molar refractivity (Wildman–Crippen MR) is 98.2 cm³/mol. The molecule has 0 spiro atoms. The molecule has 0 amide bonds. The number of hydrogen-bond acceptors (Lipinski definition) is 0. The van der Waals surface area contributed by atoms with Gasteiger partial charge in [-0.1, -0.05) is 60.7 Å². The zero-order valence-corrected chi connectivity index (χ0v) is 14.4. The van der Waals surface area contributed by atoms with Crippen LogP contribution in [0.2, 0.25) is 0 Å². The third-order valence-electron chi connectivity index (χ3n) is 3.96. The Morgan fingerprint density at radius 3 is 1.76 bits per heavy atom. The second kappa shape index (κ2) is 6.61. The normalized spacial score (nSPS) is 11.4. The van der Waals surface area contributed by atoms with Crippen molar-refractivity contribution in [3.63, 3.8) is 0 Å². The van der Waals surface area contributed by atoms with Crippen LogP contribution in [0.1, 0.15) is 16.4 Å². The minimum absolute atomic E-state index is 0.292. The zero-order chi connectivity index (χ0) is 14.7. The van der Waals surface area contributed by atoms with Crippen LogP contribution in [0.15, 0.2) is 66.5 Å². The maximum Gasteiger partial charge on any atom is 0.00452 e. The molecule has 0 bridgehead atoms. The van der Waals surface area contributed by atoms with E-state index in [1.54, 1.807) is 5.30 Å². The van der Waals surface area contributed by atoms with Crippen molar-refractivity contribution in [3.8, 4) is 0 Å². The van der Waals surface area contributed by atoms with E-state index in [1.807, 2.05) is 0 Å². The lowest BCUT2D eigenvalue weighted by Gasteiger charge is -2.19. The van der Waals surface area contributed by atoms with Crippen LogP contribution in [0.25, 0.3) is 0 Å². The van der Waals surface area contributed by atoms with Crippen molar-refractivity contribution < 1.29 is 0 Å². The maximum atomic E-state index is 2.40. The first-order chi connectivity index (χ1) is 10.3. The molecule has 0 N–H and O–H groups in total. The standard InChI is InChI=1S/C19H20P2/c1-15-13-20-19(16(15)2)14-21(17-9-5-3-6-10-17)18-11-7-4-8-12-18/h3-13,20H,14H2,1-2H3. The van der Waals surface area contributed by atoms with Crippen LogP contribution in [-0.4, -0.2) is 0 Å². The number of hydrogen-bond donors (Lipinski definition) is 0. The summed E-state index contributed by atoms with van der Waals surface area (Å²) in [5.41, 5.74) is 2.99. The molecule has 0 aliphatic rings. The molecule has 0 saturated heterocycles. The van der Waals surface area contributed by atoms with Crippen molar-refractivity contribution in [2.75, 3.05) is 0 Å². The van der Waals surface area contributed by atoms with Crippen LogP contribution >= 0.6 is 16.1 Å². The molecule has 0 nitrogen and oxygen atoms in total. The van der Waals surface area contributed by atoms with Crippen LogP contribution in [0, 0.1) is 13.8 Å². The van der Waals surface area contributed by atoms with E-state index in [1.165, 1.54) is 27.9 Å². The monoisotopic (exact) mass is 310 g/mol. The number of aryl methyl sites for hydroxylation is 1.